The topological polar surface area (TPSA) is 81.2 Å². The number of benzene rings is 1. The Morgan fingerprint density at radius 1 is 1.60 bits per heavy atom. The van der Waals surface area contributed by atoms with E-state index in [4.69, 9.17) is 5.11 Å². The van der Waals surface area contributed by atoms with Gasteiger partial charge in [0.25, 0.3) is 5.69 Å². The molecule has 0 unspecified atom stereocenters. The number of rotatable bonds is 2. The highest BCUT2D eigenvalue weighted by Gasteiger charge is 2.12. The van der Waals surface area contributed by atoms with Crippen LogP contribution >= 0.6 is 0 Å². The highest BCUT2D eigenvalue weighted by molar-refractivity contribution is 5.84. The van der Waals surface area contributed by atoms with Gasteiger partial charge in [-0.25, -0.2) is 0 Å². The molecule has 0 amide bonds. The zero-order chi connectivity index (χ0) is 11.0. The molecule has 0 aliphatic carbocycles. The fraction of sp³-hybridized carbons (Fsp3) is 0.222. The first-order valence-electron chi connectivity index (χ1n) is 4.34. The largest absolute Gasteiger partial charge is 0.390 e. The molecule has 1 aromatic heterocycles. The average Bonchev–Trinajstić information content (AvgIpc) is 2.55. The van der Waals surface area contributed by atoms with Gasteiger partial charge in [-0.1, -0.05) is 0 Å². The molecule has 0 spiro atoms. The van der Waals surface area contributed by atoms with Crippen LogP contribution in [0.25, 0.3) is 10.9 Å². The van der Waals surface area contributed by atoms with Crippen molar-refractivity contribution in [2.75, 3.05) is 0 Å². The fourth-order valence-corrected chi connectivity index (χ4v) is 1.55. The van der Waals surface area contributed by atoms with Gasteiger partial charge in [0.05, 0.1) is 22.7 Å². The van der Waals surface area contributed by atoms with Crippen LogP contribution in [0.4, 0.5) is 5.69 Å². The van der Waals surface area contributed by atoms with Crippen LogP contribution in [0.1, 0.15) is 5.69 Å². The van der Waals surface area contributed by atoms with Crippen molar-refractivity contribution in [2.45, 2.75) is 6.61 Å². The van der Waals surface area contributed by atoms with E-state index in [1.165, 1.54) is 16.8 Å². The van der Waals surface area contributed by atoms with E-state index < -0.39 is 4.92 Å². The standard InChI is InChI=1S/C9H9N3O3/c1-11-9-4-6(12(14)15)2-3-7(9)8(5-13)10-11/h2-4,13H,5H2,1H3. The van der Waals surface area contributed by atoms with E-state index in [0.717, 1.165) is 5.39 Å². The van der Waals surface area contributed by atoms with Crippen molar-refractivity contribution in [3.63, 3.8) is 0 Å². The lowest BCUT2D eigenvalue weighted by Crippen LogP contribution is -1.92. The molecule has 0 saturated heterocycles. The molecule has 0 aliphatic heterocycles. The minimum atomic E-state index is -0.453. The van der Waals surface area contributed by atoms with Gasteiger partial charge in [0.1, 0.15) is 0 Å². The molecule has 0 atom stereocenters. The lowest BCUT2D eigenvalue weighted by Gasteiger charge is -1.94. The Labute approximate surface area is 84.9 Å². The first kappa shape index (κ1) is 9.60. The van der Waals surface area contributed by atoms with Gasteiger partial charge in [0, 0.05) is 24.6 Å². The summed E-state index contributed by atoms with van der Waals surface area (Å²) in [6.45, 7) is -0.171. The Morgan fingerprint density at radius 3 is 2.93 bits per heavy atom. The third kappa shape index (κ3) is 1.44. The number of aryl methyl sites for hydroxylation is 1. The van der Waals surface area contributed by atoms with Crippen LogP contribution in [-0.2, 0) is 13.7 Å². The number of nitro groups is 1. The van der Waals surface area contributed by atoms with Gasteiger partial charge in [-0.2, -0.15) is 5.10 Å². The van der Waals surface area contributed by atoms with E-state index in [2.05, 4.69) is 5.10 Å². The Bertz CT molecular complexity index is 533. The predicted octanol–water partition coefficient (Wildman–Crippen LogP) is 0.974. The Hall–Kier alpha value is -1.95. The molecule has 6 heteroatoms. The monoisotopic (exact) mass is 207 g/mol. The number of aliphatic hydroxyl groups excluding tert-OH is 1. The molecule has 1 heterocycles. The molecule has 2 rings (SSSR count). The van der Waals surface area contributed by atoms with E-state index in [-0.39, 0.29) is 12.3 Å². The predicted molar refractivity (Wildman–Crippen MR) is 53.3 cm³/mol. The van der Waals surface area contributed by atoms with Gasteiger partial charge in [-0.3, -0.25) is 14.8 Å². The zero-order valence-electron chi connectivity index (χ0n) is 8.04. The van der Waals surface area contributed by atoms with Crippen molar-refractivity contribution in [1.82, 2.24) is 9.78 Å². The normalized spacial score (nSPS) is 10.8. The van der Waals surface area contributed by atoms with Gasteiger partial charge in [0.2, 0.25) is 0 Å². The average molecular weight is 207 g/mol. The maximum Gasteiger partial charge on any atom is 0.271 e. The summed E-state index contributed by atoms with van der Waals surface area (Å²) in [5, 5.41) is 24.4. The quantitative estimate of drug-likeness (QED) is 0.587. The van der Waals surface area contributed by atoms with Gasteiger partial charge >= 0.3 is 0 Å². The van der Waals surface area contributed by atoms with Crippen LogP contribution in [0.3, 0.4) is 0 Å². The fourth-order valence-electron chi connectivity index (χ4n) is 1.55. The van der Waals surface area contributed by atoms with Crippen molar-refractivity contribution in [3.8, 4) is 0 Å². The van der Waals surface area contributed by atoms with Gasteiger partial charge in [-0.15, -0.1) is 0 Å². The van der Waals surface area contributed by atoms with Crippen LogP contribution in [-0.4, -0.2) is 19.8 Å². The molecular weight excluding hydrogens is 198 g/mol. The number of nitro benzene ring substituents is 1. The molecule has 0 saturated carbocycles. The van der Waals surface area contributed by atoms with Gasteiger partial charge in [0.15, 0.2) is 0 Å². The maximum atomic E-state index is 10.6. The summed E-state index contributed by atoms with van der Waals surface area (Å²) in [6, 6.07) is 4.46. The third-order valence-electron chi connectivity index (χ3n) is 2.27. The number of nitrogens with zero attached hydrogens (tertiary/aromatic N) is 3. The summed E-state index contributed by atoms with van der Waals surface area (Å²) in [6.07, 6.45) is 0. The van der Waals surface area contributed by atoms with Gasteiger partial charge in [-0.05, 0) is 6.07 Å². The van der Waals surface area contributed by atoms with Crippen molar-refractivity contribution >= 4 is 16.6 Å². The molecule has 1 N–H and O–H groups in total. The van der Waals surface area contributed by atoms with Crippen molar-refractivity contribution in [3.05, 3.63) is 34.0 Å². The molecule has 6 nitrogen and oxygen atoms in total. The Morgan fingerprint density at radius 2 is 2.33 bits per heavy atom. The molecule has 78 valence electrons. The second-order valence-corrected chi connectivity index (χ2v) is 3.19. The molecular formula is C9H9N3O3. The van der Waals surface area contributed by atoms with Crippen LogP contribution in [0.2, 0.25) is 0 Å². The third-order valence-corrected chi connectivity index (χ3v) is 2.27. The summed E-state index contributed by atoms with van der Waals surface area (Å²) in [5.41, 5.74) is 1.20. The summed E-state index contributed by atoms with van der Waals surface area (Å²) >= 11 is 0. The van der Waals surface area contributed by atoms with Crippen LogP contribution in [0.15, 0.2) is 18.2 Å². The van der Waals surface area contributed by atoms with E-state index in [1.54, 1.807) is 13.1 Å². The van der Waals surface area contributed by atoms with Crippen LogP contribution in [0, 0.1) is 10.1 Å². The second-order valence-electron chi connectivity index (χ2n) is 3.19. The number of aromatic nitrogens is 2. The highest BCUT2D eigenvalue weighted by Crippen LogP contribution is 2.23. The molecule has 0 aliphatic rings. The van der Waals surface area contributed by atoms with Gasteiger partial charge < -0.3 is 5.11 Å². The van der Waals surface area contributed by atoms with Crippen molar-refractivity contribution < 1.29 is 10.0 Å². The number of hydrogen-bond acceptors (Lipinski definition) is 4. The lowest BCUT2D eigenvalue weighted by atomic mass is 10.2. The van der Waals surface area contributed by atoms with Crippen molar-refractivity contribution in [2.24, 2.45) is 7.05 Å². The number of hydrogen-bond donors (Lipinski definition) is 1. The summed E-state index contributed by atoms with van der Waals surface area (Å²) < 4.78 is 1.52. The summed E-state index contributed by atoms with van der Waals surface area (Å²) in [7, 11) is 1.69. The number of aliphatic hydroxyl groups is 1. The molecule has 0 bridgehead atoms. The molecule has 0 radical (unpaired) electrons. The minimum Gasteiger partial charge on any atom is -0.390 e. The molecule has 2 aromatic rings. The smallest absolute Gasteiger partial charge is 0.271 e. The van der Waals surface area contributed by atoms with E-state index in [1.807, 2.05) is 0 Å². The van der Waals surface area contributed by atoms with Crippen molar-refractivity contribution in [1.29, 1.82) is 0 Å². The van der Waals surface area contributed by atoms with E-state index in [0.29, 0.717) is 11.2 Å². The highest BCUT2D eigenvalue weighted by atomic mass is 16.6. The molecule has 1 aromatic carbocycles. The summed E-state index contributed by atoms with van der Waals surface area (Å²) in [4.78, 5) is 10.1. The minimum absolute atomic E-state index is 0.0231. The SMILES string of the molecule is Cn1nc(CO)c2ccc([N+](=O)[O-])cc21. The van der Waals surface area contributed by atoms with Crippen LogP contribution in [0.5, 0.6) is 0 Å². The first-order valence-corrected chi connectivity index (χ1v) is 4.34. The number of non-ortho nitro benzene ring substituents is 1. The van der Waals surface area contributed by atoms with Crippen LogP contribution < -0.4 is 0 Å². The van der Waals surface area contributed by atoms with E-state index in [9.17, 15) is 10.1 Å². The van der Waals surface area contributed by atoms with E-state index >= 15 is 0 Å². The Kier molecular flexibility index (Phi) is 2.12. The lowest BCUT2D eigenvalue weighted by molar-refractivity contribution is -0.384. The zero-order valence-corrected chi connectivity index (χ0v) is 8.04. The first-order chi connectivity index (χ1) is 7.13. The number of fused-ring (bicyclic) bond motifs is 1. The molecule has 0 fully saturated rings. The maximum absolute atomic E-state index is 10.6. The Balaban J connectivity index is 2.72. The molecule has 15 heavy (non-hydrogen) atoms. The second kappa shape index (κ2) is 3.32. The summed E-state index contributed by atoms with van der Waals surface area (Å²) in [5.74, 6) is 0.